The fraction of sp³-hybridized carbons (Fsp3) is 0.231. The molecule has 0 fully saturated rings. The number of nitro groups is 1. The van der Waals surface area contributed by atoms with Crippen LogP contribution in [0.2, 0.25) is 0 Å². The van der Waals surface area contributed by atoms with Crippen molar-refractivity contribution in [3.8, 4) is 0 Å². The third kappa shape index (κ3) is 4.10. The van der Waals surface area contributed by atoms with E-state index in [0.29, 0.717) is 0 Å². The van der Waals surface area contributed by atoms with E-state index in [9.17, 15) is 24.1 Å². The number of ether oxygens (including phenoxy) is 2. The molecular formula is C13H12FNO6. The van der Waals surface area contributed by atoms with Crippen molar-refractivity contribution < 1.29 is 28.4 Å². The Kier molecular flexibility index (Phi) is 5.53. The highest BCUT2D eigenvalue weighted by Crippen LogP contribution is 2.24. The molecule has 0 heterocycles. The quantitative estimate of drug-likeness (QED) is 0.469. The zero-order valence-corrected chi connectivity index (χ0v) is 11.3. The summed E-state index contributed by atoms with van der Waals surface area (Å²) in [6.45, 7) is 0. The van der Waals surface area contributed by atoms with Crippen LogP contribution in [0.1, 0.15) is 22.3 Å². The summed E-state index contributed by atoms with van der Waals surface area (Å²) in [5, 5.41) is 10.9. The summed E-state index contributed by atoms with van der Waals surface area (Å²) < 4.78 is 22.6. The van der Waals surface area contributed by atoms with Gasteiger partial charge in [0.25, 0.3) is 5.69 Å². The molecule has 1 aromatic carbocycles. The number of hydrogen-bond donors (Lipinski definition) is 0. The van der Waals surface area contributed by atoms with Crippen LogP contribution in [0.3, 0.4) is 0 Å². The molecular weight excluding hydrogens is 285 g/mol. The first-order chi connectivity index (χ1) is 9.90. The van der Waals surface area contributed by atoms with Crippen LogP contribution in [0.25, 0.3) is 6.08 Å². The van der Waals surface area contributed by atoms with Gasteiger partial charge < -0.3 is 9.47 Å². The highest BCUT2D eigenvalue weighted by Gasteiger charge is 2.23. The Bertz CT molecular complexity index is 611. The lowest BCUT2D eigenvalue weighted by Gasteiger charge is -2.04. The number of benzene rings is 1. The first-order valence-electron chi connectivity index (χ1n) is 5.70. The van der Waals surface area contributed by atoms with Gasteiger partial charge >= 0.3 is 11.9 Å². The molecule has 21 heavy (non-hydrogen) atoms. The number of hydrogen-bond acceptors (Lipinski definition) is 6. The van der Waals surface area contributed by atoms with E-state index in [4.69, 9.17) is 0 Å². The monoisotopic (exact) mass is 297 g/mol. The third-order valence-electron chi connectivity index (χ3n) is 2.53. The fourth-order valence-corrected chi connectivity index (χ4v) is 1.50. The largest absolute Gasteiger partial charge is 0.469 e. The maximum atomic E-state index is 13.8. The summed E-state index contributed by atoms with van der Waals surface area (Å²) in [5.74, 6) is -2.39. The summed E-state index contributed by atoms with van der Waals surface area (Å²) in [7, 11) is 2.24. The van der Waals surface area contributed by atoms with Gasteiger partial charge in [-0.15, -0.1) is 0 Å². The lowest BCUT2D eigenvalue weighted by molar-refractivity contribution is -0.385. The van der Waals surface area contributed by atoms with Crippen molar-refractivity contribution in [1.29, 1.82) is 0 Å². The van der Waals surface area contributed by atoms with Crippen LogP contribution in [-0.2, 0) is 14.3 Å². The molecule has 0 saturated heterocycles. The van der Waals surface area contributed by atoms with Crippen LogP contribution >= 0.6 is 0 Å². The second-order valence-corrected chi connectivity index (χ2v) is 3.82. The highest BCUT2D eigenvalue weighted by atomic mass is 19.1. The van der Waals surface area contributed by atoms with Crippen LogP contribution in [0.5, 0.6) is 0 Å². The third-order valence-corrected chi connectivity index (χ3v) is 2.53. The molecule has 0 aliphatic rings. The summed E-state index contributed by atoms with van der Waals surface area (Å²) in [6, 6.07) is 1.62. The number of nitrogens with zero attached hydrogens (tertiary/aromatic N) is 1. The molecule has 0 aliphatic carbocycles. The van der Waals surface area contributed by atoms with E-state index >= 15 is 0 Å². The lowest BCUT2D eigenvalue weighted by atomic mass is 10.1. The lowest BCUT2D eigenvalue weighted by Crippen LogP contribution is -2.07. The standard InChI is InChI=1S/C13H12FNO6/c1-20-12(16)5-3-4-8-6-11(15(18)19)9(7-10(8)14)13(17)21-2/h3-4,6-7H,5H2,1-2H3. The van der Waals surface area contributed by atoms with Crippen LogP contribution in [0, 0.1) is 15.9 Å². The van der Waals surface area contributed by atoms with E-state index in [0.717, 1.165) is 19.2 Å². The van der Waals surface area contributed by atoms with Crippen molar-refractivity contribution in [2.24, 2.45) is 0 Å². The molecule has 1 aromatic rings. The van der Waals surface area contributed by atoms with E-state index in [1.54, 1.807) is 0 Å². The second-order valence-electron chi connectivity index (χ2n) is 3.82. The van der Waals surface area contributed by atoms with Crippen molar-refractivity contribution >= 4 is 23.7 Å². The highest BCUT2D eigenvalue weighted by molar-refractivity contribution is 5.94. The number of nitro benzene ring substituents is 1. The Hall–Kier alpha value is -2.77. The Morgan fingerprint density at radius 1 is 1.33 bits per heavy atom. The van der Waals surface area contributed by atoms with Gasteiger partial charge in [0.2, 0.25) is 0 Å². The van der Waals surface area contributed by atoms with Gasteiger partial charge in [0.15, 0.2) is 0 Å². The summed E-state index contributed by atoms with van der Waals surface area (Å²) in [5.41, 5.74) is -1.19. The van der Waals surface area contributed by atoms with Crippen LogP contribution in [0.4, 0.5) is 10.1 Å². The molecule has 0 saturated carbocycles. The molecule has 0 unspecified atom stereocenters. The van der Waals surface area contributed by atoms with Crippen molar-refractivity contribution in [2.75, 3.05) is 14.2 Å². The molecule has 0 bridgehead atoms. The minimum atomic E-state index is -1.01. The van der Waals surface area contributed by atoms with Crippen LogP contribution in [-0.4, -0.2) is 31.1 Å². The topological polar surface area (TPSA) is 95.7 Å². The molecule has 0 aliphatic heterocycles. The number of esters is 2. The second kappa shape index (κ2) is 7.13. The zero-order valence-electron chi connectivity index (χ0n) is 11.3. The number of carbonyl (C=O) groups is 2. The molecule has 0 spiro atoms. The minimum absolute atomic E-state index is 0.109. The van der Waals surface area contributed by atoms with Crippen LogP contribution in [0.15, 0.2) is 18.2 Å². The van der Waals surface area contributed by atoms with Gasteiger partial charge in [0, 0.05) is 11.6 Å². The van der Waals surface area contributed by atoms with Crippen molar-refractivity contribution in [2.45, 2.75) is 6.42 Å². The van der Waals surface area contributed by atoms with E-state index in [1.807, 2.05) is 0 Å². The van der Waals surface area contributed by atoms with Gasteiger partial charge in [0.1, 0.15) is 11.4 Å². The van der Waals surface area contributed by atoms with E-state index in [1.165, 1.54) is 19.3 Å². The number of rotatable bonds is 5. The van der Waals surface area contributed by atoms with Gasteiger partial charge in [-0.2, -0.15) is 0 Å². The number of methoxy groups -OCH3 is 2. The Morgan fingerprint density at radius 3 is 2.52 bits per heavy atom. The molecule has 0 aromatic heterocycles. The fourth-order valence-electron chi connectivity index (χ4n) is 1.50. The molecule has 0 radical (unpaired) electrons. The van der Waals surface area contributed by atoms with Gasteiger partial charge in [0.05, 0.1) is 25.6 Å². The molecule has 112 valence electrons. The predicted octanol–water partition coefficient (Wildman–Crippen LogP) is 2.10. The van der Waals surface area contributed by atoms with Gasteiger partial charge in [-0.25, -0.2) is 9.18 Å². The van der Waals surface area contributed by atoms with Crippen molar-refractivity contribution in [1.82, 2.24) is 0 Å². The molecule has 0 atom stereocenters. The van der Waals surface area contributed by atoms with E-state index in [2.05, 4.69) is 9.47 Å². The van der Waals surface area contributed by atoms with Crippen molar-refractivity contribution in [3.05, 3.63) is 45.3 Å². The Balaban J connectivity index is 3.18. The van der Waals surface area contributed by atoms with Gasteiger partial charge in [-0.05, 0) is 6.07 Å². The number of halogens is 1. The molecule has 8 heteroatoms. The first-order valence-corrected chi connectivity index (χ1v) is 5.70. The molecule has 7 nitrogen and oxygen atoms in total. The SMILES string of the molecule is COC(=O)CC=Cc1cc([N+](=O)[O-])c(C(=O)OC)cc1F. The maximum absolute atomic E-state index is 13.8. The Labute approximate surface area is 119 Å². The van der Waals surface area contributed by atoms with Gasteiger partial charge in [-0.3, -0.25) is 14.9 Å². The molecule has 0 N–H and O–H groups in total. The smallest absolute Gasteiger partial charge is 0.344 e. The number of carbonyl (C=O) groups excluding carboxylic acids is 2. The normalized spacial score (nSPS) is 10.4. The summed E-state index contributed by atoms with van der Waals surface area (Å²) in [4.78, 5) is 32.4. The first kappa shape index (κ1) is 16.3. The summed E-state index contributed by atoms with van der Waals surface area (Å²) in [6.07, 6.45) is 2.38. The minimum Gasteiger partial charge on any atom is -0.469 e. The maximum Gasteiger partial charge on any atom is 0.344 e. The van der Waals surface area contributed by atoms with Crippen LogP contribution < -0.4 is 0 Å². The summed E-state index contributed by atoms with van der Waals surface area (Å²) >= 11 is 0. The average Bonchev–Trinajstić information content (AvgIpc) is 2.47. The zero-order chi connectivity index (χ0) is 16.0. The van der Waals surface area contributed by atoms with Gasteiger partial charge in [-0.1, -0.05) is 12.2 Å². The predicted molar refractivity (Wildman–Crippen MR) is 70.1 cm³/mol. The molecule has 1 rings (SSSR count). The Morgan fingerprint density at radius 2 is 2.00 bits per heavy atom. The van der Waals surface area contributed by atoms with E-state index in [-0.39, 0.29) is 12.0 Å². The average molecular weight is 297 g/mol. The van der Waals surface area contributed by atoms with E-state index < -0.39 is 33.9 Å². The molecule has 0 amide bonds. The van der Waals surface area contributed by atoms with Crippen molar-refractivity contribution in [3.63, 3.8) is 0 Å².